The zero-order valence-electron chi connectivity index (χ0n) is 7.19. The molecule has 1 rings (SSSR count). The Hall–Kier alpha value is -0.0000000000000000555. The van der Waals surface area contributed by atoms with Gasteiger partial charge in [-0.25, -0.2) is 0 Å². The van der Waals surface area contributed by atoms with Crippen molar-refractivity contribution in [3.8, 4) is 0 Å². The Labute approximate surface area is 80.9 Å². The summed E-state index contributed by atoms with van der Waals surface area (Å²) in [5.41, 5.74) is -1.04. The minimum Gasteiger partial charge on any atom is -0.396 e. The van der Waals surface area contributed by atoms with Crippen molar-refractivity contribution in [2.45, 2.75) is 13.1 Å². The molecule has 6 heteroatoms. The van der Waals surface area contributed by atoms with Crippen molar-refractivity contribution in [3.05, 3.63) is 0 Å². The van der Waals surface area contributed by atoms with Gasteiger partial charge in [-0.15, -0.1) is 12.4 Å². The van der Waals surface area contributed by atoms with Crippen LogP contribution < -0.4 is 5.32 Å². The van der Waals surface area contributed by atoms with Crippen LogP contribution in [0, 0.1) is 11.3 Å². The lowest BCUT2D eigenvalue weighted by atomic mass is 9.80. The smallest absolute Gasteiger partial charge is 0.393 e. The van der Waals surface area contributed by atoms with E-state index in [9.17, 15) is 13.2 Å². The molecule has 0 aliphatic carbocycles. The van der Waals surface area contributed by atoms with Crippen LogP contribution in [-0.4, -0.2) is 31.0 Å². The molecule has 1 saturated heterocycles. The van der Waals surface area contributed by atoms with Gasteiger partial charge in [0.05, 0.1) is 12.5 Å². The Morgan fingerprint density at radius 2 is 2.08 bits per heavy atom. The highest BCUT2D eigenvalue weighted by molar-refractivity contribution is 5.85. The van der Waals surface area contributed by atoms with E-state index in [1.165, 1.54) is 6.92 Å². The van der Waals surface area contributed by atoms with Gasteiger partial charge in [0.25, 0.3) is 0 Å². The molecular formula is C7H13ClF3NO. The summed E-state index contributed by atoms with van der Waals surface area (Å²) in [5.74, 6) is -1.42. The number of hydrogen-bond donors (Lipinski definition) is 2. The molecule has 1 heterocycles. The molecule has 13 heavy (non-hydrogen) atoms. The van der Waals surface area contributed by atoms with Crippen LogP contribution in [-0.2, 0) is 0 Å². The van der Waals surface area contributed by atoms with Crippen LogP contribution in [0.1, 0.15) is 6.92 Å². The second-order valence-electron chi connectivity index (χ2n) is 3.54. The van der Waals surface area contributed by atoms with Crippen LogP contribution in [0.2, 0.25) is 0 Å². The first-order valence-electron chi connectivity index (χ1n) is 3.78. The summed E-state index contributed by atoms with van der Waals surface area (Å²) >= 11 is 0. The van der Waals surface area contributed by atoms with Crippen LogP contribution in [0.4, 0.5) is 13.2 Å². The fraction of sp³-hybridized carbons (Fsp3) is 1.00. The summed E-state index contributed by atoms with van der Waals surface area (Å²) in [6.45, 7) is 1.17. The van der Waals surface area contributed by atoms with Crippen LogP contribution >= 0.6 is 12.4 Å². The van der Waals surface area contributed by atoms with E-state index >= 15 is 0 Å². The molecular weight excluding hydrogens is 207 g/mol. The summed E-state index contributed by atoms with van der Waals surface area (Å²) in [5, 5.41) is 11.5. The SMILES string of the molecule is CC1(CO)CNCC1C(F)(F)F.Cl. The first-order chi connectivity index (χ1) is 5.40. The van der Waals surface area contributed by atoms with Gasteiger partial charge in [0, 0.05) is 18.5 Å². The van der Waals surface area contributed by atoms with Gasteiger partial charge in [-0.1, -0.05) is 6.92 Å². The van der Waals surface area contributed by atoms with Crippen LogP contribution in [0.25, 0.3) is 0 Å². The number of rotatable bonds is 1. The molecule has 0 radical (unpaired) electrons. The van der Waals surface area contributed by atoms with Crippen molar-refractivity contribution in [1.82, 2.24) is 5.32 Å². The third-order valence-electron chi connectivity index (χ3n) is 2.47. The van der Waals surface area contributed by atoms with Gasteiger partial charge < -0.3 is 10.4 Å². The highest BCUT2D eigenvalue weighted by Gasteiger charge is 2.53. The van der Waals surface area contributed by atoms with E-state index in [0.717, 1.165) is 0 Å². The average molecular weight is 220 g/mol. The van der Waals surface area contributed by atoms with Gasteiger partial charge in [0.1, 0.15) is 0 Å². The molecule has 0 aromatic carbocycles. The predicted molar refractivity (Wildman–Crippen MR) is 44.9 cm³/mol. The first kappa shape index (κ1) is 13.0. The van der Waals surface area contributed by atoms with Gasteiger partial charge in [0.15, 0.2) is 0 Å². The first-order valence-corrected chi connectivity index (χ1v) is 3.78. The number of aliphatic hydroxyl groups excluding tert-OH is 1. The van der Waals surface area contributed by atoms with Gasteiger partial charge in [-0.3, -0.25) is 0 Å². The number of halogens is 4. The summed E-state index contributed by atoms with van der Waals surface area (Å²) in [4.78, 5) is 0. The number of hydrogen-bond acceptors (Lipinski definition) is 2. The van der Waals surface area contributed by atoms with E-state index in [1.54, 1.807) is 0 Å². The summed E-state index contributed by atoms with van der Waals surface area (Å²) in [7, 11) is 0. The van der Waals surface area contributed by atoms with Gasteiger partial charge >= 0.3 is 6.18 Å². The van der Waals surface area contributed by atoms with Crippen molar-refractivity contribution >= 4 is 12.4 Å². The fourth-order valence-electron chi connectivity index (χ4n) is 1.55. The number of alkyl halides is 3. The monoisotopic (exact) mass is 219 g/mol. The number of aliphatic hydroxyl groups is 1. The number of nitrogens with one attached hydrogen (secondary N) is 1. The third kappa shape index (κ3) is 2.48. The largest absolute Gasteiger partial charge is 0.396 e. The van der Waals surface area contributed by atoms with Crippen molar-refractivity contribution in [1.29, 1.82) is 0 Å². The fourth-order valence-corrected chi connectivity index (χ4v) is 1.55. The van der Waals surface area contributed by atoms with Crippen molar-refractivity contribution in [2.24, 2.45) is 11.3 Å². The maximum Gasteiger partial charge on any atom is 0.393 e. The third-order valence-corrected chi connectivity index (χ3v) is 2.47. The van der Waals surface area contributed by atoms with Crippen LogP contribution in [0.5, 0.6) is 0 Å². The molecule has 2 N–H and O–H groups in total. The van der Waals surface area contributed by atoms with Gasteiger partial charge in [-0.05, 0) is 0 Å². The maximum absolute atomic E-state index is 12.3. The Morgan fingerprint density at radius 1 is 1.54 bits per heavy atom. The lowest BCUT2D eigenvalue weighted by Crippen LogP contribution is -2.39. The Bertz CT molecular complexity index is 176. The summed E-state index contributed by atoms with van der Waals surface area (Å²) in [6, 6.07) is 0. The van der Waals surface area contributed by atoms with E-state index in [-0.39, 0.29) is 25.5 Å². The lowest BCUT2D eigenvalue weighted by molar-refractivity contribution is -0.197. The van der Waals surface area contributed by atoms with E-state index < -0.39 is 24.1 Å². The molecule has 2 nitrogen and oxygen atoms in total. The Morgan fingerprint density at radius 3 is 2.38 bits per heavy atom. The van der Waals surface area contributed by atoms with Crippen molar-refractivity contribution in [2.75, 3.05) is 19.7 Å². The van der Waals surface area contributed by atoms with E-state index in [4.69, 9.17) is 5.11 Å². The molecule has 0 bridgehead atoms. The zero-order chi connectivity index (χ0) is 9.41. The molecule has 0 amide bonds. The summed E-state index contributed by atoms with van der Waals surface area (Å²) < 4.78 is 36.9. The van der Waals surface area contributed by atoms with E-state index in [1.807, 2.05) is 0 Å². The van der Waals surface area contributed by atoms with Crippen molar-refractivity contribution < 1.29 is 18.3 Å². The second kappa shape index (κ2) is 4.02. The molecule has 80 valence electrons. The van der Waals surface area contributed by atoms with E-state index in [0.29, 0.717) is 0 Å². The molecule has 1 aliphatic heterocycles. The standard InChI is InChI=1S/C7H12F3NO.ClH/c1-6(4-12)3-11-2-5(6)7(8,9)10;/h5,11-12H,2-4H2,1H3;1H. The molecule has 1 aliphatic rings. The Kier molecular flexibility index (Phi) is 4.02. The topological polar surface area (TPSA) is 32.3 Å². The minimum absolute atomic E-state index is 0. The highest BCUT2D eigenvalue weighted by atomic mass is 35.5. The van der Waals surface area contributed by atoms with Gasteiger partial charge in [-0.2, -0.15) is 13.2 Å². The van der Waals surface area contributed by atoms with Crippen molar-refractivity contribution in [3.63, 3.8) is 0 Å². The zero-order valence-corrected chi connectivity index (χ0v) is 8.00. The molecule has 0 spiro atoms. The molecule has 0 aromatic rings. The van der Waals surface area contributed by atoms with E-state index in [2.05, 4.69) is 5.32 Å². The lowest BCUT2D eigenvalue weighted by Gasteiger charge is -2.29. The summed E-state index contributed by atoms with van der Waals surface area (Å²) in [6.07, 6.45) is -4.21. The average Bonchev–Trinajstić information content (AvgIpc) is 2.31. The predicted octanol–water partition coefficient (Wildman–Crippen LogP) is 1.19. The molecule has 2 atom stereocenters. The molecule has 0 saturated carbocycles. The minimum atomic E-state index is -4.21. The second-order valence-corrected chi connectivity index (χ2v) is 3.54. The molecule has 0 aromatic heterocycles. The quantitative estimate of drug-likeness (QED) is 0.695. The molecule has 2 unspecified atom stereocenters. The maximum atomic E-state index is 12.3. The van der Waals surface area contributed by atoms with Crippen LogP contribution in [0.15, 0.2) is 0 Å². The molecule has 1 fully saturated rings. The van der Waals surface area contributed by atoms with Crippen LogP contribution in [0.3, 0.4) is 0 Å². The Balaban J connectivity index is 0.00000144. The normalized spacial score (nSPS) is 34.4. The highest BCUT2D eigenvalue weighted by Crippen LogP contribution is 2.41. The van der Waals surface area contributed by atoms with Gasteiger partial charge in [0.2, 0.25) is 0 Å².